The molecule has 0 unspecified atom stereocenters. The topological polar surface area (TPSA) is 67.8 Å². The van der Waals surface area contributed by atoms with Crippen molar-refractivity contribution in [1.29, 1.82) is 0 Å². The summed E-state index contributed by atoms with van der Waals surface area (Å²) in [4.78, 5) is 12.4. The van der Waals surface area contributed by atoms with Gasteiger partial charge >= 0.3 is 6.61 Å². The summed E-state index contributed by atoms with van der Waals surface area (Å²) in [6.07, 6.45) is 4.53. The zero-order valence-corrected chi connectivity index (χ0v) is 16.4. The quantitative estimate of drug-likeness (QED) is 0.733. The Morgan fingerprint density at radius 1 is 1.14 bits per heavy atom. The van der Waals surface area contributed by atoms with Crippen molar-refractivity contribution in [3.05, 3.63) is 24.3 Å². The van der Waals surface area contributed by atoms with Crippen LogP contribution in [0.25, 0.3) is 0 Å². The molecule has 0 spiro atoms. The maximum absolute atomic E-state index is 12.5. The number of para-hydroxylation sites is 2. The molecule has 0 saturated heterocycles. The number of alkyl halides is 2. The van der Waals surface area contributed by atoms with Crippen LogP contribution in [0, 0.1) is 11.8 Å². The van der Waals surface area contributed by atoms with Gasteiger partial charge in [-0.3, -0.25) is 4.79 Å². The maximum atomic E-state index is 12.5. The van der Waals surface area contributed by atoms with Crippen LogP contribution >= 0.6 is 0 Å². The molecular formula is C21H29F2NO4. The minimum Gasteiger partial charge on any atom is -0.486 e. The van der Waals surface area contributed by atoms with Crippen molar-refractivity contribution in [2.45, 2.75) is 76.7 Å². The number of aliphatic hydroxyl groups is 1. The molecular weight excluding hydrogens is 368 g/mol. The van der Waals surface area contributed by atoms with Crippen LogP contribution in [0.15, 0.2) is 24.3 Å². The van der Waals surface area contributed by atoms with Gasteiger partial charge in [0.15, 0.2) is 11.5 Å². The van der Waals surface area contributed by atoms with Crippen LogP contribution in [0.2, 0.25) is 0 Å². The summed E-state index contributed by atoms with van der Waals surface area (Å²) in [6, 6.07) is 6.49. The zero-order valence-electron chi connectivity index (χ0n) is 16.4. The average molecular weight is 397 g/mol. The molecule has 0 aromatic heterocycles. The van der Waals surface area contributed by atoms with E-state index in [2.05, 4.69) is 10.1 Å². The highest BCUT2D eigenvalue weighted by atomic mass is 19.3. The lowest BCUT2D eigenvalue weighted by molar-refractivity contribution is -0.131. The molecule has 2 fully saturated rings. The van der Waals surface area contributed by atoms with Crippen molar-refractivity contribution in [3.8, 4) is 11.5 Å². The fraction of sp³-hybridized carbons (Fsp3) is 0.667. The zero-order chi connectivity index (χ0) is 20.3. The fourth-order valence-electron chi connectivity index (χ4n) is 4.06. The third-order valence-corrected chi connectivity index (χ3v) is 5.90. The van der Waals surface area contributed by atoms with Crippen molar-refractivity contribution >= 4 is 5.91 Å². The predicted octanol–water partition coefficient (Wildman–Crippen LogP) is 3.89. The van der Waals surface area contributed by atoms with Crippen molar-refractivity contribution < 1.29 is 28.2 Å². The molecule has 2 N–H and O–H groups in total. The summed E-state index contributed by atoms with van der Waals surface area (Å²) in [7, 11) is 0. The van der Waals surface area contributed by atoms with Crippen LogP contribution in [0.5, 0.6) is 11.5 Å². The van der Waals surface area contributed by atoms with Gasteiger partial charge in [0, 0.05) is 12.0 Å². The Balaban J connectivity index is 1.42. The molecule has 0 heterocycles. The lowest BCUT2D eigenvalue weighted by atomic mass is 9.76. The number of hydrogen-bond acceptors (Lipinski definition) is 4. The SMILES string of the molecule is CC(C)(O)C1CCC(NC(=O)C2CC(Oc3ccccc3OC(F)F)C2)CC1. The molecule has 0 bridgehead atoms. The van der Waals surface area contributed by atoms with E-state index in [0.717, 1.165) is 25.7 Å². The summed E-state index contributed by atoms with van der Waals surface area (Å²) < 4.78 is 35.1. The molecule has 156 valence electrons. The largest absolute Gasteiger partial charge is 0.486 e. The Morgan fingerprint density at radius 2 is 1.75 bits per heavy atom. The van der Waals surface area contributed by atoms with Gasteiger partial charge in [0.2, 0.25) is 5.91 Å². The lowest BCUT2D eigenvalue weighted by Gasteiger charge is -2.38. The van der Waals surface area contributed by atoms with Gasteiger partial charge < -0.3 is 19.9 Å². The van der Waals surface area contributed by atoms with Gasteiger partial charge in [-0.15, -0.1) is 0 Å². The second kappa shape index (κ2) is 8.64. The number of carbonyl (C=O) groups excluding carboxylic acids is 1. The number of amides is 1. The lowest BCUT2D eigenvalue weighted by Crippen LogP contribution is -2.48. The Kier molecular flexibility index (Phi) is 6.43. The first-order valence-electron chi connectivity index (χ1n) is 9.95. The van der Waals surface area contributed by atoms with Gasteiger partial charge in [0.25, 0.3) is 0 Å². The highest BCUT2D eigenvalue weighted by Gasteiger charge is 2.38. The first kappa shape index (κ1) is 20.8. The Hall–Kier alpha value is -1.89. The van der Waals surface area contributed by atoms with E-state index >= 15 is 0 Å². The number of benzene rings is 1. The van der Waals surface area contributed by atoms with E-state index in [1.165, 1.54) is 6.07 Å². The highest BCUT2D eigenvalue weighted by molar-refractivity contribution is 5.80. The molecule has 1 amide bonds. The number of hydrogen-bond donors (Lipinski definition) is 2. The molecule has 2 saturated carbocycles. The van der Waals surface area contributed by atoms with Gasteiger partial charge in [-0.1, -0.05) is 12.1 Å². The van der Waals surface area contributed by atoms with E-state index in [4.69, 9.17) is 4.74 Å². The summed E-state index contributed by atoms with van der Waals surface area (Å²) in [6.45, 7) is 0.779. The summed E-state index contributed by atoms with van der Waals surface area (Å²) >= 11 is 0. The second-order valence-electron chi connectivity index (χ2n) is 8.44. The molecule has 0 aliphatic heterocycles. The van der Waals surface area contributed by atoms with E-state index < -0.39 is 12.2 Å². The van der Waals surface area contributed by atoms with E-state index in [0.29, 0.717) is 12.8 Å². The van der Waals surface area contributed by atoms with Crippen LogP contribution < -0.4 is 14.8 Å². The molecule has 2 aliphatic rings. The number of nitrogens with one attached hydrogen (secondary N) is 1. The Bertz CT molecular complexity index is 663. The first-order chi connectivity index (χ1) is 13.2. The molecule has 0 radical (unpaired) electrons. The maximum Gasteiger partial charge on any atom is 0.387 e. The smallest absolute Gasteiger partial charge is 0.387 e. The standard InChI is InChI=1S/C21H29F2NO4/c1-21(2,26)14-7-9-15(10-8-14)24-19(25)13-11-16(12-13)27-17-5-3-4-6-18(17)28-20(22)23/h3-6,13-16,20,26H,7-12H2,1-2H3,(H,24,25). The van der Waals surface area contributed by atoms with Crippen molar-refractivity contribution in [2.75, 3.05) is 0 Å². The first-order valence-corrected chi connectivity index (χ1v) is 9.95. The summed E-state index contributed by atoms with van der Waals surface area (Å²) in [5.74, 6) is 0.479. The van der Waals surface area contributed by atoms with E-state index in [-0.39, 0.29) is 41.4 Å². The van der Waals surface area contributed by atoms with Gasteiger partial charge in [-0.25, -0.2) is 0 Å². The molecule has 3 rings (SSSR count). The number of ether oxygens (including phenoxy) is 2. The third-order valence-electron chi connectivity index (χ3n) is 5.90. The van der Waals surface area contributed by atoms with E-state index in [1.54, 1.807) is 18.2 Å². The molecule has 5 nitrogen and oxygen atoms in total. The summed E-state index contributed by atoms with van der Waals surface area (Å²) in [5, 5.41) is 13.2. The highest BCUT2D eigenvalue weighted by Crippen LogP contribution is 2.37. The number of rotatable bonds is 7. The average Bonchev–Trinajstić information content (AvgIpc) is 2.58. The predicted molar refractivity (Wildman–Crippen MR) is 100 cm³/mol. The Morgan fingerprint density at radius 3 is 2.32 bits per heavy atom. The molecule has 7 heteroatoms. The third kappa shape index (κ3) is 5.34. The molecule has 1 aromatic carbocycles. The normalized spacial score (nSPS) is 27.8. The second-order valence-corrected chi connectivity index (χ2v) is 8.44. The van der Waals surface area contributed by atoms with Crippen molar-refractivity contribution in [3.63, 3.8) is 0 Å². The fourth-order valence-corrected chi connectivity index (χ4v) is 4.06. The van der Waals surface area contributed by atoms with Crippen LogP contribution in [0.3, 0.4) is 0 Å². The number of carbonyl (C=O) groups is 1. The van der Waals surface area contributed by atoms with Gasteiger partial charge in [0.05, 0.1) is 5.60 Å². The van der Waals surface area contributed by atoms with E-state index in [9.17, 15) is 18.7 Å². The van der Waals surface area contributed by atoms with Crippen molar-refractivity contribution in [1.82, 2.24) is 5.32 Å². The monoisotopic (exact) mass is 397 g/mol. The molecule has 0 atom stereocenters. The minimum atomic E-state index is -2.91. The van der Waals surface area contributed by atoms with Gasteiger partial charge in [0.1, 0.15) is 6.10 Å². The van der Waals surface area contributed by atoms with E-state index in [1.807, 2.05) is 13.8 Å². The molecule has 28 heavy (non-hydrogen) atoms. The number of halogens is 2. The van der Waals surface area contributed by atoms with Crippen LogP contribution in [-0.2, 0) is 4.79 Å². The molecule has 2 aliphatic carbocycles. The summed E-state index contributed by atoms with van der Waals surface area (Å²) in [5.41, 5.74) is -0.669. The Labute approximate surface area is 164 Å². The van der Waals surface area contributed by atoms with Gasteiger partial charge in [-0.05, 0) is 70.4 Å². The van der Waals surface area contributed by atoms with Crippen molar-refractivity contribution in [2.24, 2.45) is 11.8 Å². The molecule has 1 aromatic rings. The minimum absolute atomic E-state index is 0.00830. The van der Waals surface area contributed by atoms with Crippen LogP contribution in [0.4, 0.5) is 8.78 Å². The van der Waals surface area contributed by atoms with Crippen LogP contribution in [0.1, 0.15) is 52.4 Å². The van der Waals surface area contributed by atoms with Crippen LogP contribution in [-0.4, -0.2) is 35.4 Å². The van der Waals surface area contributed by atoms with Gasteiger partial charge in [-0.2, -0.15) is 8.78 Å².